The lowest BCUT2D eigenvalue weighted by molar-refractivity contribution is 0.0605. The summed E-state index contributed by atoms with van der Waals surface area (Å²) in [5.74, 6) is 0.613. The van der Waals surface area contributed by atoms with Gasteiger partial charge in [-0.25, -0.2) is 0 Å². The fraction of sp³-hybridized carbons (Fsp3) is 0.278. The molecule has 0 aromatic carbocycles. The number of piperidine rings is 1. The zero-order valence-electron chi connectivity index (χ0n) is 13.2. The number of amides is 1. The van der Waals surface area contributed by atoms with E-state index in [0.29, 0.717) is 17.1 Å². The van der Waals surface area contributed by atoms with Crippen molar-refractivity contribution >= 4 is 5.91 Å². The zero-order valence-corrected chi connectivity index (χ0v) is 13.2. The summed E-state index contributed by atoms with van der Waals surface area (Å²) in [7, 11) is 0. The second-order valence-electron chi connectivity index (χ2n) is 5.94. The molecule has 3 aromatic heterocycles. The third kappa shape index (κ3) is 2.71. The van der Waals surface area contributed by atoms with Gasteiger partial charge in [0.25, 0.3) is 5.91 Å². The van der Waals surface area contributed by atoms with Crippen LogP contribution >= 0.6 is 0 Å². The normalized spacial score (nSPS) is 17.8. The van der Waals surface area contributed by atoms with Crippen LogP contribution in [-0.4, -0.2) is 32.5 Å². The number of carbonyl (C=O) groups excluding carboxylic acids is 1. The van der Waals surface area contributed by atoms with Gasteiger partial charge in [0.15, 0.2) is 11.5 Å². The van der Waals surface area contributed by atoms with E-state index in [9.17, 15) is 4.79 Å². The molecule has 1 unspecified atom stereocenters. The van der Waals surface area contributed by atoms with Gasteiger partial charge in [-0.1, -0.05) is 6.07 Å². The lowest BCUT2D eigenvalue weighted by Crippen LogP contribution is -2.38. The number of likely N-dealkylation sites (tertiary alicyclic amines) is 1. The summed E-state index contributed by atoms with van der Waals surface area (Å²) >= 11 is 0. The van der Waals surface area contributed by atoms with Crippen molar-refractivity contribution in [3.05, 3.63) is 60.2 Å². The first kappa shape index (κ1) is 14.7. The van der Waals surface area contributed by atoms with E-state index in [1.165, 1.54) is 0 Å². The maximum absolute atomic E-state index is 13.0. The van der Waals surface area contributed by atoms with Gasteiger partial charge in [-0.15, -0.1) is 0 Å². The molecule has 24 heavy (non-hydrogen) atoms. The maximum Gasteiger partial charge on any atom is 0.274 e. The smallest absolute Gasteiger partial charge is 0.274 e. The van der Waals surface area contributed by atoms with Crippen LogP contribution in [0.25, 0.3) is 11.5 Å². The minimum absolute atomic E-state index is 0.0578. The van der Waals surface area contributed by atoms with E-state index in [2.05, 4.69) is 15.2 Å². The van der Waals surface area contributed by atoms with E-state index in [4.69, 9.17) is 4.42 Å². The van der Waals surface area contributed by atoms with Crippen LogP contribution in [0.1, 0.15) is 41.4 Å². The second-order valence-corrected chi connectivity index (χ2v) is 5.94. The molecule has 6 heteroatoms. The summed E-state index contributed by atoms with van der Waals surface area (Å²) in [5.41, 5.74) is 2.20. The molecule has 3 aromatic rings. The Kier molecular flexibility index (Phi) is 3.86. The van der Waals surface area contributed by atoms with Crippen molar-refractivity contribution in [2.24, 2.45) is 0 Å². The highest BCUT2D eigenvalue weighted by Gasteiger charge is 2.30. The van der Waals surface area contributed by atoms with Crippen LogP contribution in [0, 0.1) is 0 Å². The molecule has 0 spiro atoms. The number of carbonyl (C=O) groups is 1. The lowest BCUT2D eigenvalue weighted by atomic mass is 9.96. The molecule has 1 aliphatic rings. The van der Waals surface area contributed by atoms with Gasteiger partial charge in [0.1, 0.15) is 5.69 Å². The quantitative estimate of drug-likeness (QED) is 0.801. The molecule has 1 atom stereocenters. The molecule has 0 radical (unpaired) electrons. The van der Waals surface area contributed by atoms with Gasteiger partial charge in [-0.05, 0) is 43.0 Å². The van der Waals surface area contributed by atoms with Crippen molar-refractivity contribution in [2.75, 3.05) is 6.54 Å². The maximum atomic E-state index is 13.0. The number of rotatable bonds is 3. The predicted octanol–water partition coefficient (Wildman–Crippen LogP) is 3.43. The molecule has 0 saturated carbocycles. The average Bonchev–Trinajstić information content (AvgIpc) is 3.33. The molecule has 1 fully saturated rings. The monoisotopic (exact) mass is 322 g/mol. The number of nitrogens with zero attached hydrogens (tertiary/aromatic N) is 3. The summed E-state index contributed by atoms with van der Waals surface area (Å²) in [6, 6.07) is 9.39. The third-order valence-electron chi connectivity index (χ3n) is 4.42. The van der Waals surface area contributed by atoms with E-state index in [1.807, 2.05) is 29.3 Å². The van der Waals surface area contributed by atoms with Gasteiger partial charge in [0.05, 0.1) is 12.3 Å². The van der Waals surface area contributed by atoms with Crippen LogP contribution in [0.5, 0.6) is 0 Å². The topological polar surface area (TPSA) is 75.0 Å². The fourth-order valence-corrected chi connectivity index (χ4v) is 3.23. The minimum Gasteiger partial charge on any atom is -0.463 e. The van der Waals surface area contributed by atoms with Crippen LogP contribution < -0.4 is 0 Å². The number of nitrogens with one attached hydrogen (secondary N) is 1. The van der Waals surface area contributed by atoms with Gasteiger partial charge < -0.3 is 9.32 Å². The molecule has 122 valence electrons. The van der Waals surface area contributed by atoms with Gasteiger partial charge in [-0.3, -0.25) is 14.9 Å². The van der Waals surface area contributed by atoms with Gasteiger partial charge >= 0.3 is 0 Å². The van der Waals surface area contributed by atoms with Crippen LogP contribution in [0.4, 0.5) is 0 Å². The molecule has 0 bridgehead atoms. The largest absolute Gasteiger partial charge is 0.463 e. The van der Waals surface area contributed by atoms with Crippen molar-refractivity contribution < 1.29 is 9.21 Å². The predicted molar refractivity (Wildman–Crippen MR) is 88.2 cm³/mol. The molecule has 6 nitrogen and oxygen atoms in total. The average molecular weight is 322 g/mol. The first-order valence-electron chi connectivity index (χ1n) is 8.13. The van der Waals surface area contributed by atoms with Crippen LogP contribution in [0.3, 0.4) is 0 Å². The number of aromatic nitrogens is 3. The molecular weight excluding hydrogens is 304 g/mol. The van der Waals surface area contributed by atoms with Crippen LogP contribution in [0.15, 0.2) is 53.4 Å². The number of hydrogen-bond acceptors (Lipinski definition) is 4. The van der Waals surface area contributed by atoms with Crippen molar-refractivity contribution in [1.29, 1.82) is 0 Å². The Labute approximate surface area is 139 Å². The molecule has 1 saturated heterocycles. The Bertz CT molecular complexity index is 811. The van der Waals surface area contributed by atoms with E-state index in [1.54, 1.807) is 24.6 Å². The second kappa shape index (κ2) is 6.31. The molecule has 1 amide bonds. The van der Waals surface area contributed by atoms with Gasteiger partial charge in [-0.2, -0.15) is 5.10 Å². The summed E-state index contributed by atoms with van der Waals surface area (Å²) in [5, 5.41) is 7.06. The molecule has 0 aliphatic carbocycles. The Morgan fingerprint density at radius 1 is 1.29 bits per heavy atom. The summed E-state index contributed by atoms with van der Waals surface area (Å²) < 4.78 is 5.34. The van der Waals surface area contributed by atoms with E-state index < -0.39 is 0 Å². The van der Waals surface area contributed by atoms with E-state index in [0.717, 1.165) is 31.4 Å². The Morgan fingerprint density at radius 3 is 3.04 bits per heavy atom. The first-order valence-corrected chi connectivity index (χ1v) is 8.13. The van der Waals surface area contributed by atoms with Crippen molar-refractivity contribution in [3.8, 4) is 11.5 Å². The summed E-state index contributed by atoms with van der Waals surface area (Å²) in [6.07, 6.45) is 8.27. The van der Waals surface area contributed by atoms with Gasteiger partial charge in [0, 0.05) is 25.0 Å². The standard InChI is InChI=1S/C18H18N4O2/c23-18(15-11-14(20-21-15)17-7-4-10-24-17)22-9-2-1-6-16(22)13-5-3-8-19-12-13/h3-5,7-8,10-12,16H,1-2,6,9H2,(H,20,21). The number of aromatic amines is 1. The molecule has 1 aliphatic heterocycles. The summed E-state index contributed by atoms with van der Waals surface area (Å²) in [4.78, 5) is 19.1. The first-order chi connectivity index (χ1) is 11.8. The molecular formula is C18H18N4O2. The number of H-pyrrole nitrogens is 1. The van der Waals surface area contributed by atoms with Crippen LogP contribution in [0.2, 0.25) is 0 Å². The SMILES string of the molecule is O=C(c1cc(-c2ccco2)[nH]n1)N1CCCCC1c1cccnc1. The Morgan fingerprint density at radius 2 is 2.25 bits per heavy atom. The highest BCUT2D eigenvalue weighted by Crippen LogP contribution is 2.31. The van der Waals surface area contributed by atoms with Gasteiger partial charge in [0.2, 0.25) is 0 Å². The number of furan rings is 1. The number of hydrogen-bond donors (Lipinski definition) is 1. The van der Waals surface area contributed by atoms with E-state index in [-0.39, 0.29) is 11.9 Å². The van der Waals surface area contributed by atoms with Crippen LogP contribution in [-0.2, 0) is 0 Å². The van der Waals surface area contributed by atoms with Crippen molar-refractivity contribution in [1.82, 2.24) is 20.1 Å². The fourth-order valence-electron chi connectivity index (χ4n) is 3.23. The Hall–Kier alpha value is -2.89. The zero-order chi connectivity index (χ0) is 16.4. The third-order valence-corrected chi connectivity index (χ3v) is 4.42. The molecule has 1 N–H and O–H groups in total. The molecule has 4 heterocycles. The van der Waals surface area contributed by atoms with E-state index >= 15 is 0 Å². The molecule has 4 rings (SSSR count). The Balaban J connectivity index is 1.60. The lowest BCUT2D eigenvalue weighted by Gasteiger charge is -2.35. The number of pyridine rings is 1. The van der Waals surface area contributed by atoms with Crippen molar-refractivity contribution in [3.63, 3.8) is 0 Å². The highest BCUT2D eigenvalue weighted by atomic mass is 16.3. The van der Waals surface area contributed by atoms with Crippen molar-refractivity contribution in [2.45, 2.75) is 25.3 Å². The summed E-state index contributed by atoms with van der Waals surface area (Å²) in [6.45, 7) is 0.737. The minimum atomic E-state index is -0.0578. The highest BCUT2D eigenvalue weighted by molar-refractivity contribution is 5.93.